The molecule has 0 N–H and O–H groups in total. The fraction of sp³-hybridized carbons (Fsp3) is 0.600. The van der Waals surface area contributed by atoms with Crippen LogP contribution in [0.2, 0.25) is 0 Å². The van der Waals surface area contributed by atoms with Gasteiger partial charge in [-0.05, 0) is 30.7 Å². The van der Waals surface area contributed by atoms with Crippen molar-refractivity contribution in [2.45, 2.75) is 51.7 Å². The Kier molecular flexibility index (Phi) is 5.14. The normalized spacial score (nSPS) is 31.0. The first kappa shape index (κ1) is 17.2. The van der Waals surface area contributed by atoms with Crippen molar-refractivity contribution in [3.8, 4) is 0 Å². The first-order valence-electron chi connectivity index (χ1n) is 8.14. The highest BCUT2D eigenvalue weighted by atomic mass is 16.5. The number of hydrogen-bond donors (Lipinski definition) is 0. The molecule has 2 rings (SSSR count). The maximum absolute atomic E-state index is 6.21. The predicted molar refractivity (Wildman–Crippen MR) is 92.0 cm³/mol. The summed E-state index contributed by atoms with van der Waals surface area (Å²) in [6.45, 7) is 10.9. The van der Waals surface area contributed by atoms with Crippen LogP contribution in [0.3, 0.4) is 0 Å². The van der Waals surface area contributed by atoms with Gasteiger partial charge in [0.25, 0.3) is 0 Å². The van der Waals surface area contributed by atoms with Gasteiger partial charge in [0.15, 0.2) is 0 Å². The second-order valence-corrected chi connectivity index (χ2v) is 7.36. The average Bonchev–Trinajstić information content (AvgIpc) is 2.47. The summed E-state index contributed by atoms with van der Waals surface area (Å²) >= 11 is 0. The van der Waals surface area contributed by atoms with Gasteiger partial charge < -0.3 is 9.47 Å². The lowest BCUT2D eigenvalue weighted by molar-refractivity contribution is -0.203. The lowest BCUT2D eigenvalue weighted by Crippen LogP contribution is -2.61. The third-order valence-corrected chi connectivity index (χ3v) is 5.35. The zero-order chi connectivity index (χ0) is 16.4. The Morgan fingerprint density at radius 1 is 1.23 bits per heavy atom. The molecule has 0 radical (unpaired) electrons. The second kappa shape index (κ2) is 6.55. The quantitative estimate of drug-likeness (QED) is 0.738. The molecule has 0 bridgehead atoms. The van der Waals surface area contributed by atoms with E-state index in [1.54, 1.807) is 0 Å². The number of hydrogen-bond acceptors (Lipinski definition) is 2. The molecule has 0 aliphatic heterocycles. The number of ether oxygens (including phenoxy) is 2. The van der Waals surface area contributed by atoms with Gasteiger partial charge in [0.2, 0.25) is 0 Å². The largest absolute Gasteiger partial charge is 0.378 e. The fourth-order valence-electron chi connectivity index (χ4n) is 4.37. The van der Waals surface area contributed by atoms with E-state index >= 15 is 0 Å². The van der Waals surface area contributed by atoms with E-state index in [2.05, 4.69) is 57.7 Å². The van der Waals surface area contributed by atoms with Crippen LogP contribution in [0.1, 0.15) is 39.2 Å². The van der Waals surface area contributed by atoms with Gasteiger partial charge in [-0.15, -0.1) is 0 Å². The third kappa shape index (κ3) is 3.00. The van der Waals surface area contributed by atoms with E-state index in [-0.39, 0.29) is 17.1 Å². The molecule has 1 saturated carbocycles. The second-order valence-electron chi connectivity index (χ2n) is 7.36. The van der Waals surface area contributed by atoms with Gasteiger partial charge in [0.05, 0.1) is 6.10 Å². The van der Waals surface area contributed by atoms with Gasteiger partial charge in [-0.3, -0.25) is 0 Å². The molecule has 2 nitrogen and oxygen atoms in total. The van der Waals surface area contributed by atoms with Crippen LogP contribution in [0.15, 0.2) is 42.5 Å². The Bertz CT molecular complexity index is 506. The summed E-state index contributed by atoms with van der Waals surface area (Å²) in [5.74, 6) is 0.315. The zero-order valence-corrected chi connectivity index (χ0v) is 14.7. The summed E-state index contributed by atoms with van der Waals surface area (Å²) in [7, 11) is 3.64. The van der Waals surface area contributed by atoms with Crippen LogP contribution in [0.5, 0.6) is 0 Å². The number of benzene rings is 1. The highest BCUT2D eigenvalue weighted by Crippen LogP contribution is 2.51. The molecule has 0 unspecified atom stereocenters. The van der Waals surface area contributed by atoms with Gasteiger partial charge in [0, 0.05) is 26.6 Å². The monoisotopic (exact) mass is 302 g/mol. The number of rotatable bonds is 5. The minimum Gasteiger partial charge on any atom is -0.378 e. The van der Waals surface area contributed by atoms with Crippen molar-refractivity contribution in [3.05, 3.63) is 48.0 Å². The van der Waals surface area contributed by atoms with E-state index in [0.717, 1.165) is 19.3 Å². The molecule has 1 aromatic rings. The molecular formula is C20H30O2. The smallest absolute Gasteiger partial charge is 0.105 e. The van der Waals surface area contributed by atoms with Crippen LogP contribution in [-0.2, 0) is 15.9 Å². The van der Waals surface area contributed by atoms with E-state index in [4.69, 9.17) is 9.47 Å². The van der Waals surface area contributed by atoms with Crippen LogP contribution in [0, 0.1) is 11.3 Å². The van der Waals surface area contributed by atoms with E-state index < -0.39 is 0 Å². The molecule has 0 spiro atoms. The fourth-order valence-corrected chi connectivity index (χ4v) is 4.37. The standard InChI is InChI=1S/C20H30O2/c1-15(2)17-12-13-19(3,4)18(21-5)20(17,22-6)14-16-10-8-7-9-11-16/h7-11,17-18H,1,12-14H2,2-6H3/t17-,18-,20-/m1/s1. The van der Waals surface area contributed by atoms with Gasteiger partial charge in [-0.1, -0.05) is 56.3 Å². The van der Waals surface area contributed by atoms with Crippen LogP contribution in [0.25, 0.3) is 0 Å². The Morgan fingerprint density at radius 2 is 1.86 bits per heavy atom. The summed E-state index contributed by atoms with van der Waals surface area (Å²) in [6, 6.07) is 10.6. The maximum Gasteiger partial charge on any atom is 0.105 e. The Morgan fingerprint density at radius 3 is 2.36 bits per heavy atom. The SMILES string of the molecule is C=C(C)[C@H]1CCC(C)(C)[C@@H](OC)[C@]1(Cc1ccccc1)OC. The topological polar surface area (TPSA) is 18.5 Å². The molecule has 2 heteroatoms. The van der Waals surface area contributed by atoms with Gasteiger partial charge in [-0.25, -0.2) is 0 Å². The molecule has 122 valence electrons. The molecule has 0 aromatic heterocycles. The van der Waals surface area contributed by atoms with Crippen LogP contribution in [-0.4, -0.2) is 25.9 Å². The summed E-state index contributed by atoms with van der Waals surface area (Å²) < 4.78 is 12.2. The lowest BCUT2D eigenvalue weighted by atomic mass is 9.59. The summed E-state index contributed by atoms with van der Waals surface area (Å²) in [4.78, 5) is 0. The molecular weight excluding hydrogens is 272 g/mol. The Hall–Kier alpha value is -1.12. The maximum atomic E-state index is 6.21. The van der Waals surface area contributed by atoms with E-state index in [9.17, 15) is 0 Å². The number of methoxy groups -OCH3 is 2. The van der Waals surface area contributed by atoms with E-state index in [0.29, 0.717) is 5.92 Å². The molecule has 0 amide bonds. The summed E-state index contributed by atoms with van der Waals surface area (Å²) in [5, 5.41) is 0. The Labute approximate surface area is 135 Å². The van der Waals surface area contributed by atoms with Crippen molar-refractivity contribution >= 4 is 0 Å². The summed E-state index contributed by atoms with van der Waals surface area (Å²) in [5.41, 5.74) is 2.21. The molecule has 0 saturated heterocycles. The van der Waals surface area contributed by atoms with Gasteiger partial charge in [-0.2, -0.15) is 0 Å². The zero-order valence-electron chi connectivity index (χ0n) is 14.7. The van der Waals surface area contributed by atoms with Crippen molar-refractivity contribution in [1.82, 2.24) is 0 Å². The van der Waals surface area contributed by atoms with E-state index in [1.165, 1.54) is 11.1 Å². The predicted octanol–water partition coefficient (Wildman–Crippen LogP) is 4.64. The highest BCUT2D eigenvalue weighted by Gasteiger charge is 2.55. The van der Waals surface area contributed by atoms with Crippen LogP contribution >= 0.6 is 0 Å². The first-order valence-corrected chi connectivity index (χ1v) is 8.14. The Balaban J connectivity index is 2.49. The molecule has 1 aliphatic rings. The molecule has 3 atom stereocenters. The van der Waals surface area contributed by atoms with Crippen molar-refractivity contribution in [3.63, 3.8) is 0 Å². The molecule has 1 aromatic carbocycles. The minimum atomic E-state index is -0.357. The van der Waals surface area contributed by atoms with Crippen molar-refractivity contribution in [1.29, 1.82) is 0 Å². The van der Waals surface area contributed by atoms with Crippen molar-refractivity contribution in [2.24, 2.45) is 11.3 Å². The van der Waals surface area contributed by atoms with Crippen molar-refractivity contribution in [2.75, 3.05) is 14.2 Å². The highest BCUT2D eigenvalue weighted by molar-refractivity contribution is 5.23. The summed E-state index contributed by atoms with van der Waals surface area (Å²) in [6.07, 6.45) is 3.12. The van der Waals surface area contributed by atoms with Crippen LogP contribution in [0.4, 0.5) is 0 Å². The van der Waals surface area contributed by atoms with Crippen molar-refractivity contribution < 1.29 is 9.47 Å². The lowest BCUT2D eigenvalue weighted by Gasteiger charge is -2.55. The average molecular weight is 302 g/mol. The first-order chi connectivity index (χ1) is 10.4. The molecule has 1 aliphatic carbocycles. The molecule has 22 heavy (non-hydrogen) atoms. The molecule has 1 fully saturated rings. The van der Waals surface area contributed by atoms with E-state index in [1.807, 2.05) is 14.2 Å². The van der Waals surface area contributed by atoms with Gasteiger partial charge in [0.1, 0.15) is 5.60 Å². The molecule has 0 heterocycles. The van der Waals surface area contributed by atoms with Gasteiger partial charge >= 0.3 is 0 Å². The third-order valence-electron chi connectivity index (χ3n) is 5.35. The minimum absolute atomic E-state index is 0.0423. The van der Waals surface area contributed by atoms with Crippen LogP contribution < -0.4 is 0 Å².